The molecule has 0 aliphatic rings. The monoisotopic (exact) mass is 541 g/mol. The summed E-state index contributed by atoms with van der Waals surface area (Å²) in [6, 6.07) is 13.9. The van der Waals surface area contributed by atoms with Crippen LogP contribution in [0.4, 0.5) is 5.69 Å². The van der Waals surface area contributed by atoms with Crippen molar-refractivity contribution in [3.05, 3.63) is 69.8 Å². The fourth-order valence-electron chi connectivity index (χ4n) is 5.79. The summed E-state index contributed by atoms with van der Waals surface area (Å²) < 4.78 is 0. The maximum Gasteiger partial charge on any atom is 0.131 e. The number of hydrogen-bond donors (Lipinski definition) is 1. The van der Waals surface area contributed by atoms with Crippen molar-refractivity contribution in [2.45, 2.75) is 119 Å². The lowest BCUT2D eigenvalue weighted by Crippen LogP contribution is -2.11. The molecule has 3 aromatic carbocycles. The Morgan fingerprint density at radius 1 is 0.450 bits per heavy atom. The summed E-state index contributed by atoms with van der Waals surface area (Å²) in [5, 5.41) is 12.4. The molecule has 0 atom stereocenters. The van der Waals surface area contributed by atoms with Crippen LogP contribution in [0.25, 0.3) is 22.3 Å². The van der Waals surface area contributed by atoms with Gasteiger partial charge in [0.15, 0.2) is 0 Å². The molecule has 0 bridgehead atoms. The van der Waals surface area contributed by atoms with Crippen molar-refractivity contribution in [3.8, 4) is 28.0 Å². The zero-order chi connectivity index (χ0) is 30.2. The number of rotatable bonds is 9. The van der Waals surface area contributed by atoms with Crippen molar-refractivity contribution >= 4 is 5.69 Å². The number of benzene rings is 3. The molecular weight excluding hydrogens is 486 g/mol. The number of phenols is 1. The molecule has 0 unspecified atom stereocenters. The summed E-state index contributed by atoms with van der Waals surface area (Å²) >= 11 is 0. The highest BCUT2D eigenvalue weighted by molar-refractivity contribution is 5.91. The van der Waals surface area contributed by atoms with Crippen molar-refractivity contribution in [3.63, 3.8) is 0 Å². The molecule has 0 aliphatic carbocycles. The zero-order valence-corrected chi connectivity index (χ0v) is 27.8. The standard InChI is InChI=1S/C38H55NO/c1-21(2)27-15-30(23(5)6)36(31(16-27)24(7)8)34-19-29(39(13)14)20-35(38(34)40)37-32(25(9)10)17-28(22(3)4)18-33(37)26(11)12/h15-26,40H,1-14H3. The van der Waals surface area contributed by atoms with E-state index >= 15 is 0 Å². The van der Waals surface area contributed by atoms with Gasteiger partial charge < -0.3 is 10.0 Å². The van der Waals surface area contributed by atoms with Crippen LogP contribution in [0.2, 0.25) is 0 Å². The predicted octanol–water partition coefficient (Wildman–Crippen LogP) is 11.5. The molecule has 2 heteroatoms. The van der Waals surface area contributed by atoms with E-state index in [0.29, 0.717) is 41.3 Å². The molecule has 0 radical (unpaired) electrons. The highest BCUT2D eigenvalue weighted by atomic mass is 16.3. The van der Waals surface area contributed by atoms with Crippen LogP contribution in [0.1, 0.15) is 152 Å². The zero-order valence-electron chi connectivity index (χ0n) is 27.8. The van der Waals surface area contributed by atoms with Crippen LogP contribution in [-0.4, -0.2) is 19.2 Å². The lowest BCUT2D eigenvalue weighted by Gasteiger charge is -2.28. The summed E-state index contributed by atoms with van der Waals surface area (Å²) in [6.45, 7) is 27.3. The minimum Gasteiger partial charge on any atom is -0.507 e. The summed E-state index contributed by atoms with van der Waals surface area (Å²) in [5.74, 6) is 2.62. The van der Waals surface area contributed by atoms with Gasteiger partial charge >= 0.3 is 0 Å². The molecule has 1 N–H and O–H groups in total. The fraction of sp³-hybridized carbons (Fsp3) is 0.526. The number of phenolic OH excluding ortho intramolecular Hbond substituents is 1. The second-order valence-electron chi connectivity index (χ2n) is 13.9. The van der Waals surface area contributed by atoms with Crippen LogP contribution in [-0.2, 0) is 0 Å². The SMILES string of the molecule is CC(C)c1cc(C(C)C)c(-c2cc(N(C)C)cc(-c3c(C(C)C)cc(C(C)C)cc3C(C)C)c2O)c(C(C)C)c1. The first-order valence-corrected chi connectivity index (χ1v) is 15.5. The van der Waals surface area contributed by atoms with Crippen LogP contribution in [0.3, 0.4) is 0 Å². The predicted molar refractivity (Wildman–Crippen MR) is 178 cm³/mol. The Hall–Kier alpha value is -2.74. The van der Waals surface area contributed by atoms with Gasteiger partial charge in [-0.3, -0.25) is 0 Å². The third kappa shape index (κ3) is 6.27. The van der Waals surface area contributed by atoms with Gasteiger partial charge in [-0.25, -0.2) is 0 Å². The van der Waals surface area contributed by atoms with Gasteiger partial charge in [-0.15, -0.1) is 0 Å². The second-order valence-corrected chi connectivity index (χ2v) is 13.9. The molecule has 0 fully saturated rings. The Morgan fingerprint density at radius 3 is 0.925 bits per heavy atom. The first-order chi connectivity index (χ1) is 18.6. The molecule has 218 valence electrons. The van der Waals surface area contributed by atoms with E-state index in [0.717, 1.165) is 16.8 Å². The first kappa shape index (κ1) is 31.8. The lowest BCUT2D eigenvalue weighted by atomic mass is 9.78. The average molecular weight is 542 g/mol. The number of anilines is 1. The molecule has 0 spiro atoms. The van der Waals surface area contributed by atoms with E-state index in [2.05, 4.69) is 138 Å². The van der Waals surface area contributed by atoms with Crippen molar-refractivity contribution in [1.29, 1.82) is 0 Å². The summed E-state index contributed by atoms with van der Waals surface area (Å²) in [5.41, 5.74) is 13.4. The maximum absolute atomic E-state index is 12.4. The molecular formula is C38H55NO. The third-order valence-corrected chi connectivity index (χ3v) is 8.41. The van der Waals surface area contributed by atoms with Gasteiger partial charge in [0.1, 0.15) is 5.75 Å². The average Bonchev–Trinajstić information content (AvgIpc) is 2.86. The molecule has 0 aromatic heterocycles. The van der Waals surface area contributed by atoms with E-state index in [4.69, 9.17) is 0 Å². The minimum atomic E-state index is 0.333. The topological polar surface area (TPSA) is 23.5 Å². The first-order valence-electron chi connectivity index (χ1n) is 15.5. The fourth-order valence-corrected chi connectivity index (χ4v) is 5.79. The summed E-state index contributed by atoms with van der Waals surface area (Å²) in [4.78, 5) is 2.17. The van der Waals surface area contributed by atoms with E-state index in [-0.39, 0.29) is 0 Å². The van der Waals surface area contributed by atoms with Crippen molar-refractivity contribution in [2.75, 3.05) is 19.0 Å². The number of hydrogen-bond acceptors (Lipinski definition) is 2. The lowest BCUT2D eigenvalue weighted by molar-refractivity contribution is 0.479. The van der Waals surface area contributed by atoms with Crippen LogP contribution in [0.5, 0.6) is 5.75 Å². The normalized spacial score (nSPS) is 12.2. The molecule has 0 saturated carbocycles. The van der Waals surface area contributed by atoms with Crippen LogP contribution < -0.4 is 4.90 Å². The molecule has 2 nitrogen and oxygen atoms in total. The van der Waals surface area contributed by atoms with Gasteiger partial charge in [0.25, 0.3) is 0 Å². The van der Waals surface area contributed by atoms with Gasteiger partial charge in [0.2, 0.25) is 0 Å². The van der Waals surface area contributed by atoms with E-state index < -0.39 is 0 Å². The summed E-state index contributed by atoms with van der Waals surface area (Å²) in [6.07, 6.45) is 0. The minimum absolute atomic E-state index is 0.333. The van der Waals surface area contributed by atoms with Gasteiger partial charge in [0.05, 0.1) is 0 Å². The molecule has 0 amide bonds. The molecule has 0 aliphatic heterocycles. The molecule has 3 rings (SSSR count). The Balaban J connectivity index is 2.57. The Bertz CT molecular complexity index is 1180. The van der Waals surface area contributed by atoms with Crippen molar-refractivity contribution in [2.24, 2.45) is 0 Å². The number of nitrogens with zero attached hydrogens (tertiary/aromatic N) is 1. The maximum atomic E-state index is 12.4. The largest absolute Gasteiger partial charge is 0.507 e. The smallest absolute Gasteiger partial charge is 0.131 e. The number of aromatic hydroxyl groups is 1. The Morgan fingerprint density at radius 2 is 0.725 bits per heavy atom. The molecule has 0 saturated heterocycles. The van der Waals surface area contributed by atoms with Crippen LogP contribution in [0, 0.1) is 0 Å². The molecule has 3 aromatic rings. The van der Waals surface area contributed by atoms with Crippen molar-refractivity contribution in [1.82, 2.24) is 0 Å². The van der Waals surface area contributed by atoms with Crippen molar-refractivity contribution < 1.29 is 5.11 Å². The third-order valence-electron chi connectivity index (χ3n) is 8.41. The molecule has 0 heterocycles. The van der Waals surface area contributed by atoms with Crippen LogP contribution >= 0.6 is 0 Å². The Kier molecular flexibility index (Phi) is 9.86. The van der Waals surface area contributed by atoms with E-state index in [1.54, 1.807) is 0 Å². The van der Waals surface area contributed by atoms with E-state index in [1.165, 1.54) is 44.5 Å². The van der Waals surface area contributed by atoms with Gasteiger partial charge in [0, 0.05) is 30.9 Å². The van der Waals surface area contributed by atoms with Crippen LogP contribution in [0.15, 0.2) is 36.4 Å². The second kappa shape index (κ2) is 12.4. The van der Waals surface area contributed by atoms with E-state index in [9.17, 15) is 5.11 Å². The van der Waals surface area contributed by atoms with Gasteiger partial charge in [-0.1, -0.05) is 107 Å². The quantitative estimate of drug-likeness (QED) is 0.291. The highest BCUT2D eigenvalue weighted by Gasteiger charge is 2.26. The molecule has 40 heavy (non-hydrogen) atoms. The van der Waals surface area contributed by atoms with Gasteiger partial charge in [-0.2, -0.15) is 0 Å². The Labute approximate surface area is 245 Å². The van der Waals surface area contributed by atoms with Gasteiger partial charge in [-0.05, 0) is 92.1 Å². The highest BCUT2D eigenvalue weighted by Crippen LogP contribution is 2.50. The van der Waals surface area contributed by atoms with E-state index in [1.807, 2.05) is 0 Å². The summed E-state index contributed by atoms with van der Waals surface area (Å²) in [7, 11) is 4.20.